The number of ether oxygens (including phenoxy) is 18. The molecule has 28 N–H and O–H groups in total. The molecule has 1 aromatic rings. The molecule has 0 saturated carbocycles. The number of aliphatic hydroxyl groups is 12. The molecule has 7 unspecified atom stereocenters. The van der Waals surface area contributed by atoms with Crippen molar-refractivity contribution in [2.45, 2.75) is 239 Å². The lowest BCUT2D eigenvalue weighted by atomic mass is 9.99. The number of nitrogens with one attached hydrogen (secondary N) is 9. The van der Waals surface area contributed by atoms with E-state index in [-0.39, 0.29) is 258 Å². The highest BCUT2D eigenvalue weighted by molar-refractivity contribution is 7.47. The van der Waals surface area contributed by atoms with Gasteiger partial charge in [0.1, 0.15) is 84.6 Å². The van der Waals surface area contributed by atoms with Gasteiger partial charge in [-0.3, -0.25) is 47.3 Å². The number of aryl methyl sites for hydroxylation is 2. The van der Waals surface area contributed by atoms with Crippen molar-refractivity contribution in [2.75, 3.05) is 264 Å². The van der Waals surface area contributed by atoms with Gasteiger partial charge in [-0.25, -0.2) is 4.57 Å². The summed E-state index contributed by atoms with van der Waals surface area (Å²) in [4.78, 5) is 102. The van der Waals surface area contributed by atoms with E-state index >= 15 is 0 Å². The van der Waals surface area contributed by atoms with E-state index in [9.17, 15) is 104 Å². The number of nitrogens with two attached hydrogens (primary N) is 3. The number of allylic oxidation sites excluding steroid dienone is 3. The Balaban J connectivity index is 1.22. The second-order valence-corrected chi connectivity index (χ2v) is 36.7. The number of carbonyl (C=O) groups is 7. The number of hydrogen-bond donors (Lipinski definition) is 25. The first-order chi connectivity index (χ1) is 72.4. The molecule has 57 heteroatoms. The molecule has 150 heavy (non-hydrogen) atoms. The zero-order chi connectivity index (χ0) is 109. The number of amides is 6. The van der Waals surface area contributed by atoms with Crippen molar-refractivity contribution in [3.63, 3.8) is 0 Å². The van der Waals surface area contributed by atoms with E-state index in [0.717, 1.165) is 12.8 Å². The Morgan fingerprint density at radius 2 is 0.693 bits per heavy atom. The van der Waals surface area contributed by atoms with Crippen LogP contribution in [0.2, 0.25) is 0 Å². The monoisotopic (exact) mass is 2190 g/mol. The average molecular weight is 2190 g/mol. The minimum atomic E-state index is -4.08. The number of phosphoric acid groups is 1. The van der Waals surface area contributed by atoms with Crippen molar-refractivity contribution in [3.05, 3.63) is 47.6 Å². The maximum absolute atomic E-state index is 14.1. The molecule has 4 rings (SSSR count). The van der Waals surface area contributed by atoms with Crippen LogP contribution in [0.5, 0.6) is 0 Å². The van der Waals surface area contributed by atoms with Crippen molar-refractivity contribution in [3.8, 4) is 0 Å². The Morgan fingerprint density at radius 1 is 0.360 bits per heavy atom. The largest absolute Gasteiger partial charge is 0.471 e. The molecule has 16 atom stereocenters. The third kappa shape index (κ3) is 64.2. The van der Waals surface area contributed by atoms with Gasteiger partial charge in [-0.2, -0.15) is 0 Å². The lowest BCUT2D eigenvalue weighted by molar-refractivity contribution is -0.302. The standard InChI is InChI=1S/C93H172N15O41P/c1-130-150(128,129)146-32-8-5-11-70-60-108(107-106-70)31-7-2-3-13-80(118)105-93(64-140-33-20-77(115)100-23-6-4-12-71(112)17-14-67(94)57-97-28-36-131-39-42-134-45-48-137-51-54-143-90-87(125)84(122)81(119)72(61-109)147-90,65-141-34-21-78(116)103-26-9-24-101-75(113)18-15-68(95)58-98-29-37-132-40-43-135-46-49-138-52-55-144-91-88(126)85(123)82(120)73(62-110)148-91)66-142-35-22-79(117)104-27-10-25-102-76(114)19-16-69(96)59-99-30-38-133-41-44-136-47-50-139-53-56-145-92-89(127)86(124)83(121)74(63-111)149-92/h57-60,72-74,81-92,97-99,109-111,119-127H,2-56,61-66,94-96H2,1H3,(H,100,115)(H,101,113)(H,102,114)(H,103,116)(H,104,117)(H,105,118)(H,128,129)/b67-57-,68-58-,69-59-/t72?,73?,74?,81-,82-,83-,84+,85+,86+,87?,88?,89?,90+,91+,92+,93?/m1/s1. The fourth-order valence-electron chi connectivity index (χ4n) is 14.1. The number of ketones is 1. The molecule has 3 aliphatic rings. The summed E-state index contributed by atoms with van der Waals surface area (Å²) < 4.78 is 123. The average Bonchev–Trinajstić information content (AvgIpc) is 0.884. The molecule has 0 spiro atoms. The van der Waals surface area contributed by atoms with Crippen LogP contribution in [0.25, 0.3) is 0 Å². The quantitative estimate of drug-likeness (QED) is 0.0213. The molecule has 0 aromatic carbocycles. The van der Waals surface area contributed by atoms with Gasteiger partial charge >= 0.3 is 7.82 Å². The van der Waals surface area contributed by atoms with Gasteiger partial charge in [0.2, 0.25) is 35.4 Å². The molecule has 0 bridgehead atoms. The molecular formula is C93H172N15O41P. The molecule has 0 radical (unpaired) electrons. The van der Waals surface area contributed by atoms with E-state index in [4.69, 9.17) is 107 Å². The predicted molar refractivity (Wildman–Crippen MR) is 530 cm³/mol. The number of Topliss-reactive ketones (excluding diaryl/α,β-unsaturated/α-hetero) is 1. The van der Waals surface area contributed by atoms with E-state index in [1.54, 1.807) is 29.5 Å². The Hall–Kier alpha value is -7.44. The summed E-state index contributed by atoms with van der Waals surface area (Å²) in [5.74, 6) is -1.98. The molecule has 3 aliphatic heterocycles. The molecule has 0 aliphatic carbocycles. The van der Waals surface area contributed by atoms with Gasteiger partial charge in [-0.05, 0) is 77.0 Å². The second kappa shape index (κ2) is 84.8. The van der Waals surface area contributed by atoms with Crippen LogP contribution in [0.15, 0.2) is 41.9 Å². The lowest BCUT2D eigenvalue weighted by Crippen LogP contribution is -2.59. The number of unbranched alkanes of at least 4 members (excludes halogenated alkanes) is 4. The van der Waals surface area contributed by atoms with Crippen LogP contribution in [0.4, 0.5) is 0 Å². The minimum Gasteiger partial charge on any atom is -0.401 e. The van der Waals surface area contributed by atoms with E-state index < -0.39 is 131 Å². The molecule has 1 aromatic heterocycles. The smallest absolute Gasteiger partial charge is 0.401 e. The maximum Gasteiger partial charge on any atom is 0.471 e. The molecule has 3 saturated heterocycles. The Labute approximate surface area is 875 Å². The second-order valence-electron chi connectivity index (χ2n) is 35.1. The van der Waals surface area contributed by atoms with E-state index in [0.29, 0.717) is 173 Å². The summed E-state index contributed by atoms with van der Waals surface area (Å²) in [5, 5.41) is 152. The summed E-state index contributed by atoms with van der Waals surface area (Å²) in [7, 11) is -3.00. The fraction of sp³-hybridized carbons (Fsp3) is 0.839. The maximum atomic E-state index is 14.1. The first-order valence-corrected chi connectivity index (χ1v) is 52.7. The van der Waals surface area contributed by atoms with Gasteiger partial charge in [0.05, 0.1) is 211 Å². The summed E-state index contributed by atoms with van der Waals surface area (Å²) in [6.45, 7) is 5.10. The van der Waals surface area contributed by atoms with E-state index in [1.165, 1.54) is 0 Å². The highest BCUT2D eigenvalue weighted by Gasteiger charge is 2.47. The number of carbonyl (C=O) groups excluding carboxylic acids is 7. The lowest BCUT2D eigenvalue weighted by Gasteiger charge is -2.39. The molecule has 6 amide bonds. The highest BCUT2D eigenvalue weighted by atomic mass is 31.2. The van der Waals surface area contributed by atoms with Crippen molar-refractivity contribution >= 4 is 49.0 Å². The summed E-state index contributed by atoms with van der Waals surface area (Å²) in [6.07, 6.45) is -7.48. The Morgan fingerprint density at radius 3 is 1.05 bits per heavy atom. The molecule has 4 heterocycles. The number of phosphoric ester groups is 1. The van der Waals surface area contributed by atoms with Crippen molar-refractivity contribution in [1.82, 2.24) is 62.8 Å². The number of aliphatic hydroxyl groups excluding tert-OH is 12. The SMILES string of the molecule is COP(=O)(O)OCCCCc1cn(CCCCCC(=O)NC(COCCC(=O)NCCCCC(=O)CC/C(N)=C/NCCOCCOCCOCCO[C@H]2OC(CO)[C@@H](O)[C@H](O)C2O)(COCCC(=O)NCCCNC(=O)CC/C(N)=C/NCCOCCOCCOCCO[C@H]2OC(CO)[C@@H](O)[C@H](O)C2O)COCCC(=O)NCCCNC(=O)CC/C(N)=C/NCCOCCOCCOCCO[C@H]2OC(CO)[C@@H](O)[C@H](O)C2O)nn1. The summed E-state index contributed by atoms with van der Waals surface area (Å²) >= 11 is 0. The third-order valence-electron chi connectivity index (χ3n) is 22.7. The number of rotatable bonds is 96. The number of nitrogens with zero attached hydrogens (tertiary/aromatic N) is 3. The first kappa shape index (κ1) is 135. The van der Waals surface area contributed by atoms with E-state index in [2.05, 4.69) is 62.7 Å². The molecule has 56 nitrogen and oxygen atoms in total. The van der Waals surface area contributed by atoms with Crippen LogP contribution < -0.4 is 65.1 Å². The number of aromatic nitrogens is 3. The zero-order valence-electron chi connectivity index (χ0n) is 86.4. The topological polar surface area (TPSA) is 801 Å². The van der Waals surface area contributed by atoms with Crippen LogP contribution >= 0.6 is 7.82 Å². The van der Waals surface area contributed by atoms with Gasteiger partial charge in [0, 0.05) is 159 Å². The van der Waals surface area contributed by atoms with Gasteiger partial charge in [-0.1, -0.05) is 11.6 Å². The zero-order valence-corrected chi connectivity index (χ0v) is 87.3. The third-order valence-corrected chi connectivity index (χ3v) is 23.6. The van der Waals surface area contributed by atoms with Gasteiger partial charge < -0.3 is 216 Å². The molecule has 3 fully saturated rings. The van der Waals surface area contributed by atoms with Crippen LogP contribution in [-0.2, 0) is 145 Å². The van der Waals surface area contributed by atoms with Crippen LogP contribution in [0.1, 0.15) is 134 Å². The van der Waals surface area contributed by atoms with Crippen LogP contribution in [-0.4, -0.2) is 484 Å². The van der Waals surface area contributed by atoms with Crippen molar-refractivity contribution < 1.29 is 199 Å². The minimum absolute atomic E-state index is 0.00198. The van der Waals surface area contributed by atoms with Crippen molar-refractivity contribution in [1.29, 1.82) is 0 Å². The van der Waals surface area contributed by atoms with E-state index in [1.807, 2.05) is 0 Å². The van der Waals surface area contributed by atoms with Gasteiger partial charge in [-0.15, -0.1) is 5.10 Å². The molecule has 870 valence electrons. The predicted octanol–water partition coefficient (Wildman–Crippen LogP) is -7.79. The van der Waals surface area contributed by atoms with Crippen LogP contribution in [0.3, 0.4) is 0 Å². The summed E-state index contributed by atoms with van der Waals surface area (Å²) in [5.41, 5.74) is 19.1. The molecular weight excluding hydrogens is 2010 g/mol. The Kier molecular flexibility index (Phi) is 76.3. The normalized spacial score (nSPS) is 22.0. The van der Waals surface area contributed by atoms with Gasteiger partial charge in [0.25, 0.3) is 0 Å². The van der Waals surface area contributed by atoms with Crippen LogP contribution in [0, 0.1) is 0 Å². The Bertz CT molecular complexity index is 3550. The summed E-state index contributed by atoms with van der Waals surface area (Å²) in [6, 6.07) is 0. The number of hydrogen-bond acceptors (Lipinski definition) is 48. The first-order valence-electron chi connectivity index (χ1n) is 51.3. The highest BCUT2D eigenvalue weighted by Crippen LogP contribution is 2.42. The van der Waals surface area contributed by atoms with Crippen molar-refractivity contribution in [2.24, 2.45) is 17.2 Å². The fourth-order valence-corrected chi connectivity index (χ4v) is 14.6. The van der Waals surface area contributed by atoms with Gasteiger partial charge in [0.15, 0.2) is 18.9 Å².